The molecule has 0 aromatic rings. The molecule has 100 valence electrons. The number of nitrogens with zero attached hydrogens (tertiary/aromatic N) is 1. The van der Waals surface area contributed by atoms with E-state index in [0.717, 1.165) is 24.9 Å². The van der Waals surface area contributed by atoms with E-state index in [0.29, 0.717) is 11.0 Å². The highest BCUT2D eigenvalue weighted by Crippen LogP contribution is 2.30. The molecule has 0 amide bonds. The maximum Gasteiger partial charge on any atom is 0.0740 e. The summed E-state index contributed by atoms with van der Waals surface area (Å²) < 4.78 is 0. The summed E-state index contributed by atoms with van der Waals surface area (Å²) in [6, 6.07) is 1.35. The fourth-order valence-corrected chi connectivity index (χ4v) is 3.13. The lowest BCUT2D eigenvalue weighted by molar-refractivity contribution is 0.101. The van der Waals surface area contributed by atoms with E-state index in [1.54, 1.807) is 0 Å². The number of hydrogen-bond donors (Lipinski definition) is 1. The first-order valence-corrected chi connectivity index (χ1v) is 7.49. The van der Waals surface area contributed by atoms with Gasteiger partial charge >= 0.3 is 0 Å². The minimum atomic E-state index is 0.602. The Balaban J connectivity index is 2.53. The summed E-state index contributed by atoms with van der Waals surface area (Å²) >= 11 is 5.00. The van der Waals surface area contributed by atoms with Crippen LogP contribution in [-0.4, -0.2) is 28.5 Å². The van der Waals surface area contributed by atoms with E-state index in [4.69, 9.17) is 18.0 Å². The highest BCUT2D eigenvalue weighted by molar-refractivity contribution is 7.80. The quantitative estimate of drug-likeness (QED) is 0.739. The van der Waals surface area contributed by atoms with Crippen molar-refractivity contribution in [3.63, 3.8) is 0 Å². The average molecular weight is 256 g/mol. The lowest BCUT2D eigenvalue weighted by atomic mass is 9.83. The highest BCUT2D eigenvalue weighted by Gasteiger charge is 2.27. The third kappa shape index (κ3) is 4.92. The zero-order valence-corrected chi connectivity index (χ0v) is 12.4. The van der Waals surface area contributed by atoms with E-state index >= 15 is 0 Å². The summed E-state index contributed by atoms with van der Waals surface area (Å²) in [5.41, 5.74) is 5.63. The van der Waals surface area contributed by atoms with Crippen LogP contribution >= 0.6 is 12.2 Å². The smallest absolute Gasteiger partial charge is 0.0740 e. The third-order valence-electron chi connectivity index (χ3n) is 4.08. The van der Waals surface area contributed by atoms with Crippen LogP contribution in [0.1, 0.15) is 59.3 Å². The van der Waals surface area contributed by atoms with Gasteiger partial charge < -0.3 is 5.73 Å². The lowest BCUT2D eigenvalue weighted by Crippen LogP contribution is -2.44. The predicted octanol–water partition coefficient (Wildman–Crippen LogP) is 3.34. The van der Waals surface area contributed by atoms with Crippen molar-refractivity contribution in [3.05, 3.63) is 0 Å². The fourth-order valence-electron chi connectivity index (χ4n) is 3.04. The van der Waals surface area contributed by atoms with Crippen molar-refractivity contribution in [1.29, 1.82) is 0 Å². The number of nitrogens with two attached hydrogens (primary N) is 1. The molecule has 17 heavy (non-hydrogen) atoms. The molecule has 3 heteroatoms. The second-order valence-corrected chi connectivity index (χ2v) is 6.17. The number of hydrogen-bond acceptors (Lipinski definition) is 2. The maximum absolute atomic E-state index is 5.63. The molecule has 0 aromatic carbocycles. The Kier molecular flexibility index (Phi) is 6.42. The molecular weight excluding hydrogens is 228 g/mol. The Morgan fingerprint density at radius 1 is 1.41 bits per heavy atom. The first-order chi connectivity index (χ1) is 8.04. The van der Waals surface area contributed by atoms with Gasteiger partial charge in [0.25, 0.3) is 0 Å². The van der Waals surface area contributed by atoms with Crippen molar-refractivity contribution in [2.45, 2.75) is 71.4 Å². The molecule has 2 atom stereocenters. The van der Waals surface area contributed by atoms with E-state index in [-0.39, 0.29) is 0 Å². The van der Waals surface area contributed by atoms with Crippen LogP contribution in [0.4, 0.5) is 0 Å². The largest absolute Gasteiger partial charge is 0.393 e. The summed E-state index contributed by atoms with van der Waals surface area (Å²) in [7, 11) is 0. The van der Waals surface area contributed by atoms with Gasteiger partial charge in [-0.15, -0.1) is 0 Å². The third-order valence-corrected chi connectivity index (χ3v) is 4.29. The predicted molar refractivity (Wildman–Crippen MR) is 79.3 cm³/mol. The van der Waals surface area contributed by atoms with E-state index in [1.807, 2.05) is 0 Å². The fraction of sp³-hybridized carbons (Fsp3) is 0.929. The van der Waals surface area contributed by atoms with Crippen LogP contribution in [0.3, 0.4) is 0 Å². The molecule has 2 nitrogen and oxygen atoms in total. The van der Waals surface area contributed by atoms with Crippen molar-refractivity contribution in [2.75, 3.05) is 6.54 Å². The van der Waals surface area contributed by atoms with Gasteiger partial charge in [0.05, 0.1) is 4.99 Å². The summed E-state index contributed by atoms with van der Waals surface area (Å²) in [5, 5.41) is 0. The second kappa shape index (κ2) is 7.32. The molecule has 0 spiro atoms. The molecule has 0 heterocycles. The van der Waals surface area contributed by atoms with Crippen LogP contribution in [-0.2, 0) is 0 Å². The Labute approximate surface area is 112 Å². The monoisotopic (exact) mass is 256 g/mol. The average Bonchev–Trinajstić information content (AvgIpc) is 2.28. The first-order valence-electron chi connectivity index (χ1n) is 7.08. The summed E-state index contributed by atoms with van der Waals surface area (Å²) in [6.45, 7) is 7.93. The van der Waals surface area contributed by atoms with Crippen LogP contribution in [0.2, 0.25) is 0 Å². The molecule has 1 aliphatic carbocycles. The topological polar surface area (TPSA) is 29.3 Å². The van der Waals surface area contributed by atoms with Crippen LogP contribution in [0, 0.1) is 5.92 Å². The Hall–Kier alpha value is -0.150. The molecular formula is C14H28N2S. The molecule has 0 aromatic heterocycles. The van der Waals surface area contributed by atoms with Gasteiger partial charge in [-0.25, -0.2) is 0 Å². The van der Waals surface area contributed by atoms with Crippen LogP contribution in [0.15, 0.2) is 0 Å². The van der Waals surface area contributed by atoms with Crippen LogP contribution in [0.5, 0.6) is 0 Å². The molecule has 0 aliphatic heterocycles. The first kappa shape index (κ1) is 14.9. The second-order valence-electron chi connectivity index (χ2n) is 5.64. The minimum Gasteiger partial charge on any atom is -0.393 e. The minimum absolute atomic E-state index is 0.602. The SMILES string of the molecule is CCC1CCCC(N(CCC(N)=S)C(C)C)C1. The van der Waals surface area contributed by atoms with Gasteiger partial charge in [0.1, 0.15) is 0 Å². The van der Waals surface area contributed by atoms with E-state index in [2.05, 4.69) is 25.7 Å². The Bertz CT molecular complexity index is 240. The van der Waals surface area contributed by atoms with Crippen LogP contribution < -0.4 is 5.73 Å². The van der Waals surface area contributed by atoms with Crippen molar-refractivity contribution < 1.29 is 0 Å². The zero-order chi connectivity index (χ0) is 12.8. The standard InChI is InChI=1S/C14H28N2S/c1-4-12-6-5-7-13(10-12)16(11(2)3)9-8-14(15)17/h11-13H,4-10H2,1-3H3,(H2,15,17). The summed E-state index contributed by atoms with van der Waals surface area (Å²) in [5.74, 6) is 0.930. The molecule has 2 N–H and O–H groups in total. The van der Waals surface area contributed by atoms with E-state index < -0.39 is 0 Å². The maximum atomic E-state index is 5.63. The lowest BCUT2D eigenvalue weighted by Gasteiger charge is -2.39. The van der Waals surface area contributed by atoms with Gasteiger partial charge in [0.15, 0.2) is 0 Å². The summed E-state index contributed by atoms with van der Waals surface area (Å²) in [4.78, 5) is 3.26. The van der Waals surface area contributed by atoms with Crippen molar-refractivity contribution in [3.8, 4) is 0 Å². The molecule has 1 rings (SSSR count). The molecule has 1 saturated carbocycles. The van der Waals surface area contributed by atoms with Gasteiger partial charge in [-0.2, -0.15) is 0 Å². The van der Waals surface area contributed by atoms with E-state index in [9.17, 15) is 0 Å². The van der Waals surface area contributed by atoms with Crippen LogP contribution in [0.25, 0.3) is 0 Å². The van der Waals surface area contributed by atoms with E-state index in [1.165, 1.54) is 32.1 Å². The van der Waals surface area contributed by atoms with Gasteiger partial charge in [0.2, 0.25) is 0 Å². The molecule has 0 radical (unpaired) electrons. The Morgan fingerprint density at radius 2 is 2.12 bits per heavy atom. The highest BCUT2D eigenvalue weighted by atomic mass is 32.1. The van der Waals surface area contributed by atoms with Gasteiger partial charge in [0, 0.05) is 25.0 Å². The van der Waals surface area contributed by atoms with Crippen molar-refractivity contribution in [2.24, 2.45) is 11.7 Å². The number of rotatable bonds is 6. The molecule has 0 saturated heterocycles. The van der Waals surface area contributed by atoms with Crippen molar-refractivity contribution >= 4 is 17.2 Å². The zero-order valence-electron chi connectivity index (χ0n) is 11.6. The Morgan fingerprint density at radius 3 is 2.65 bits per heavy atom. The van der Waals surface area contributed by atoms with Gasteiger partial charge in [-0.1, -0.05) is 38.4 Å². The molecule has 1 fully saturated rings. The summed E-state index contributed by atoms with van der Waals surface area (Å²) in [6.07, 6.45) is 7.73. The van der Waals surface area contributed by atoms with Gasteiger partial charge in [-0.05, 0) is 32.6 Å². The van der Waals surface area contributed by atoms with Crippen molar-refractivity contribution in [1.82, 2.24) is 4.90 Å². The molecule has 0 bridgehead atoms. The molecule has 2 unspecified atom stereocenters. The van der Waals surface area contributed by atoms with Gasteiger partial charge in [-0.3, -0.25) is 4.90 Å². The number of thiocarbonyl (C=S) groups is 1. The normalized spacial score (nSPS) is 25.5. The molecule has 1 aliphatic rings.